The second-order valence-electron chi connectivity index (χ2n) is 14.7. The molecule has 3 fully saturated rings. The molecule has 5 heterocycles. The van der Waals surface area contributed by atoms with Crippen LogP contribution in [0.15, 0.2) is 47.0 Å². The lowest BCUT2D eigenvalue weighted by Crippen LogP contribution is -2.60. The highest BCUT2D eigenvalue weighted by Crippen LogP contribution is 2.50. The first-order chi connectivity index (χ1) is 28.7. The maximum atomic E-state index is 13.7. The van der Waals surface area contributed by atoms with Crippen molar-refractivity contribution in [2.75, 3.05) is 38.9 Å². The summed E-state index contributed by atoms with van der Waals surface area (Å²) in [6.45, 7) is -2.10. The maximum Gasteiger partial charge on any atom is 0.367 e. The highest BCUT2D eigenvalue weighted by molar-refractivity contribution is 8.12. The van der Waals surface area contributed by atoms with Crippen LogP contribution in [0.2, 0.25) is 0 Å². The number of fused-ring (bicyclic) bond motifs is 1. The minimum atomic E-state index is -1.90. The average Bonchev–Trinajstić information content (AvgIpc) is 3.89. The molecule has 2 aliphatic carbocycles. The van der Waals surface area contributed by atoms with Crippen LogP contribution in [0.25, 0.3) is 0 Å². The molecule has 22 nitrogen and oxygen atoms in total. The summed E-state index contributed by atoms with van der Waals surface area (Å²) in [5.41, 5.74) is 0.651. The van der Waals surface area contributed by atoms with Gasteiger partial charge in [-0.1, -0.05) is 6.08 Å². The van der Waals surface area contributed by atoms with Crippen LogP contribution in [0.3, 0.4) is 0 Å². The van der Waals surface area contributed by atoms with E-state index in [0.29, 0.717) is 5.57 Å². The molecule has 0 aromatic heterocycles. The van der Waals surface area contributed by atoms with Crippen molar-refractivity contribution in [2.24, 2.45) is 23.7 Å². The van der Waals surface area contributed by atoms with Crippen LogP contribution in [0, 0.1) is 23.7 Å². The molecule has 18 unspecified atom stereocenters. The van der Waals surface area contributed by atoms with Crippen LogP contribution < -0.4 is 0 Å². The normalized spacial score (nSPS) is 41.6. The van der Waals surface area contributed by atoms with E-state index in [1.54, 1.807) is 6.08 Å². The fraction of sp³-hybridized carbons (Fsp3) is 0.667. The van der Waals surface area contributed by atoms with Gasteiger partial charge in [0.2, 0.25) is 12.6 Å². The molecule has 0 saturated carbocycles. The van der Waals surface area contributed by atoms with Gasteiger partial charge in [-0.2, -0.15) is 0 Å². The van der Waals surface area contributed by atoms with Gasteiger partial charge in [-0.3, -0.25) is 0 Å². The molecule has 60 heavy (non-hydrogen) atoms. The molecule has 3 saturated heterocycles. The van der Waals surface area contributed by atoms with Gasteiger partial charge in [-0.15, -0.1) is 0 Å². The van der Waals surface area contributed by atoms with Crippen LogP contribution in [-0.4, -0.2) is 189 Å². The molecule has 0 amide bonds. The summed E-state index contributed by atoms with van der Waals surface area (Å²) < 4.78 is 56.0. The Morgan fingerprint density at radius 2 is 1.18 bits per heavy atom. The quantitative estimate of drug-likeness (QED) is 0.0561. The van der Waals surface area contributed by atoms with Crippen molar-refractivity contribution >= 4 is 46.1 Å². The first-order valence-electron chi connectivity index (χ1n) is 18.6. The zero-order chi connectivity index (χ0) is 43.2. The SMILES string of the molecule is CSC(=O)OCC1=CC(O)C2C(C(=O)OCC3OC(OC4OC=C5C(=O)OC6C=C(COC(=O)SC)C4C56)C(O)C(O)C3O)=COC(OC3OC(CO)C(O)C(O)C3O)C12. The lowest BCUT2D eigenvalue weighted by molar-refractivity contribution is -0.340. The van der Waals surface area contributed by atoms with Gasteiger partial charge in [0.1, 0.15) is 74.8 Å². The lowest BCUT2D eigenvalue weighted by Gasteiger charge is -2.43. The minimum absolute atomic E-state index is 0.198. The molecular formula is C36H44O22S2. The Hall–Kier alpha value is -3.34. The third-order valence-corrected chi connectivity index (χ3v) is 12.2. The van der Waals surface area contributed by atoms with Gasteiger partial charge in [0, 0.05) is 11.8 Å². The monoisotopic (exact) mass is 892 g/mol. The molecule has 0 spiro atoms. The second kappa shape index (κ2) is 18.6. The number of aliphatic hydroxyl groups excluding tert-OH is 8. The van der Waals surface area contributed by atoms with Gasteiger partial charge in [0.25, 0.3) is 0 Å². The first-order valence-corrected chi connectivity index (χ1v) is 21.0. The second-order valence-corrected chi connectivity index (χ2v) is 16.2. The predicted molar refractivity (Wildman–Crippen MR) is 195 cm³/mol. The predicted octanol–water partition coefficient (Wildman–Crippen LogP) is -2.72. The molecule has 8 N–H and O–H groups in total. The Kier molecular flexibility index (Phi) is 13.8. The van der Waals surface area contributed by atoms with Gasteiger partial charge in [0.15, 0.2) is 12.6 Å². The zero-order valence-corrected chi connectivity index (χ0v) is 33.3. The van der Waals surface area contributed by atoms with Gasteiger partial charge in [-0.25, -0.2) is 19.2 Å². The maximum absolute atomic E-state index is 13.7. The van der Waals surface area contributed by atoms with E-state index >= 15 is 0 Å². The van der Waals surface area contributed by atoms with E-state index in [1.807, 2.05) is 0 Å². The van der Waals surface area contributed by atoms with Crippen molar-refractivity contribution in [2.45, 2.75) is 86.2 Å². The number of rotatable bonds is 12. The number of carbonyl (C=O) groups is 4. The van der Waals surface area contributed by atoms with E-state index in [1.165, 1.54) is 18.6 Å². The van der Waals surface area contributed by atoms with Gasteiger partial charge < -0.3 is 88.2 Å². The molecule has 0 aromatic rings. The molecule has 7 rings (SSSR count). The number of esters is 2. The molecule has 18 atom stereocenters. The highest BCUT2D eigenvalue weighted by Gasteiger charge is 2.57. The summed E-state index contributed by atoms with van der Waals surface area (Å²) in [5.74, 6) is -5.41. The Balaban J connectivity index is 1.05. The third-order valence-electron chi connectivity index (χ3n) is 11.3. The van der Waals surface area contributed by atoms with E-state index in [-0.39, 0.29) is 23.3 Å². The van der Waals surface area contributed by atoms with Crippen LogP contribution in [-0.2, 0) is 57.0 Å². The number of hydrogen-bond acceptors (Lipinski definition) is 24. The van der Waals surface area contributed by atoms with E-state index in [0.717, 1.165) is 36.0 Å². The van der Waals surface area contributed by atoms with Crippen LogP contribution in [0.4, 0.5) is 9.59 Å². The highest BCUT2D eigenvalue weighted by atomic mass is 32.2. The molecule has 0 aromatic carbocycles. The number of hydrogen-bond donors (Lipinski definition) is 8. The standard InChI is InChI=1S/C36H44O22S2/c1-59-35(47)52-6-11-3-15(38)21-13(8-50-31(19(11)21)57-33-27(43)25(41)23(39)17(5-37)55-33)29(45)49-10-18-24(40)26(42)28(44)34(56-18)58-32-20-12(7-53-36(48)60-2)4-16-22(20)14(9-51-32)30(46)54-16/h3-4,8-9,15-28,31-34,37-44H,5-7,10H2,1-2H3. The summed E-state index contributed by atoms with van der Waals surface area (Å²) >= 11 is 1.61. The Morgan fingerprint density at radius 1 is 0.650 bits per heavy atom. The molecule has 5 aliphatic heterocycles. The Morgan fingerprint density at radius 3 is 1.77 bits per heavy atom. The van der Waals surface area contributed by atoms with Crippen molar-refractivity contribution in [3.05, 3.63) is 47.0 Å². The van der Waals surface area contributed by atoms with E-state index in [9.17, 15) is 60.0 Å². The molecule has 7 aliphatic rings. The smallest absolute Gasteiger partial charge is 0.367 e. The molecule has 24 heteroatoms. The van der Waals surface area contributed by atoms with Crippen molar-refractivity contribution in [1.29, 1.82) is 0 Å². The van der Waals surface area contributed by atoms with Crippen molar-refractivity contribution in [3.8, 4) is 0 Å². The van der Waals surface area contributed by atoms with E-state index in [4.69, 9.17) is 47.4 Å². The van der Waals surface area contributed by atoms with Gasteiger partial charge in [0.05, 0.1) is 48.2 Å². The van der Waals surface area contributed by atoms with Gasteiger partial charge >= 0.3 is 22.5 Å². The number of aliphatic hydroxyl groups is 8. The largest absolute Gasteiger partial charge is 0.471 e. The molecular weight excluding hydrogens is 849 g/mol. The first kappa shape index (κ1) is 44.7. The summed E-state index contributed by atoms with van der Waals surface area (Å²) in [4.78, 5) is 50.1. The number of thioether (sulfide) groups is 2. The molecule has 332 valence electrons. The van der Waals surface area contributed by atoms with E-state index in [2.05, 4.69) is 0 Å². The number of carbonyl (C=O) groups excluding carboxylic acids is 4. The fourth-order valence-electron chi connectivity index (χ4n) is 8.22. The third kappa shape index (κ3) is 8.55. The van der Waals surface area contributed by atoms with Crippen molar-refractivity contribution in [3.63, 3.8) is 0 Å². The van der Waals surface area contributed by atoms with Crippen LogP contribution >= 0.6 is 23.5 Å². The van der Waals surface area contributed by atoms with Crippen LogP contribution in [0.5, 0.6) is 0 Å². The average molecular weight is 893 g/mol. The Labute approximate surface area is 348 Å². The van der Waals surface area contributed by atoms with Gasteiger partial charge in [-0.05, 0) is 53.3 Å². The summed E-state index contributed by atoms with van der Waals surface area (Å²) in [6.07, 6.45) is -14.1. The molecule has 0 bridgehead atoms. The van der Waals surface area contributed by atoms with Crippen molar-refractivity contribution < 1.29 is 107 Å². The van der Waals surface area contributed by atoms with Crippen LogP contribution in [0.1, 0.15) is 0 Å². The lowest BCUT2D eigenvalue weighted by atomic mass is 9.82. The Bertz CT molecular complexity index is 1780. The fourth-order valence-corrected chi connectivity index (χ4v) is 8.58. The van der Waals surface area contributed by atoms with Crippen molar-refractivity contribution in [1.82, 2.24) is 0 Å². The van der Waals surface area contributed by atoms with E-state index < -0.39 is 152 Å². The zero-order valence-electron chi connectivity index (χ0n) is 31.6. The summed E-state index contributed by atoms with van der Waals surface area (Å²) in [7, 11) is 0. The topological polar surface area (TPSA) is 322 Å². The summed E-state index contributed by atoms with van der Waals surface area (Å²) in [5, 5.41) is 83.3. The molecule has 0 radical (unpaired) electrons. The minimum Gasteiger partial charge on any atom is -0.471 e. The summed E-state index contributed by atoms with van der Waals surface area (Å²) in [6, 6.07) is 0. The number of ether oxygens (including phenoxy) is 10.